The van der Waals surface area contributed by atoms with Crippen LogP contribution < -0.4 is 0 Å². The maximum absolute atomic E-state index is 8.92. The van der Waals surface area contributed by atoms with Crippen LogP contribution in [0, 0.1) is 34.2 Å². The van der Waals surface area contributed by atoms with E-state index in [-0.39, 0.29) is 4.64 Å². The summed E-state index contributed by atoms with van der Waals surface area (Å²) in [4.78, 5) is 7.22. The van der Waals surface area contributed by atoms with Gasteiger partial charge in [-0.3, -0.25) is 0 Å². The number of nitriles is 2. The standard InChI is InChI=1S/C13H8N4S/c1-8-11(7-15)13(18)17-12(16-8)10-4-2-9(6-14)3-5-10/h2-5H,1H3,(H,16,17,18). The van der Waals surface area contributed by atoms with Crippen molar-refractivity contribution in [3.63, 3.8) is 0 Å². The van der Waals surface area contributed by atoms with Crippen molar-refractivity contribution in [1.82, 2.24) is 9.97 Å². The molecule has 0 bridgehead atoms. The molecule has 1 aromatic heterocycles. The van der Waals surface area contributed by atoms with Crippen LogP contribution in [-0.4, -0.2) is 9.97 Å². The Bertz CT molecular complexity index is 730. The lowest BCUT2D eigenvalue weighted by atomic mass is 10.1. The van der Waals surface area contributed by atoms with Gasteiger partial charge in [0.05, 0.1) is 11.6 Å². The molecule has 0 atom stereocenters. The van der Waals surface area contributed by atoms with Crippen molar-refractivity contribution < 1.29 is 0 Å². The fourth-order valence-corrected chi connectivity index (χ4v) is 1.85. The Balaban J connectivity index is 2.56. The Hall–Kier alpha value is -2.50. The first-order chi connectivity index (χ1) is 8.65. The lowest BCUT2D eigenvalue weighted by Gasteiger charge is -2.04. The SMILES string of the molecule is Cc1[nH]c(-c2ccc(C#N)cc2)nc(=S)c1C#N. The summed E-state index contributed by atoms with van der Waals surface area (Å²) >= 11 is 5.07. The first-order valence-corrected chi connectivity index (χ1v) is 5.58. The number of aromatic nitrogens is 2. The summed E-state index contributed by atoms with van der Waals surface area (Å²) < 4.78 is 0.285. The minimum absolute atomic E-state index is 0.285. The molecule has 0 unspecified atom stereocenters. The third-order valence-electron chi connectivity index (χ3n) is 2.51. The van der Waals surface area contributed by atoms with E-state index in [0.717, 1.165) is 5.56 Å². The van der Waals surface area contributed by atoms with E-state index in [0.29, 0.717) is 22.6 Å². The smallest absolute Gasteiger partial charge is 0.148 e. The molecule has 0 aliphatic heterocycles. The van der Waals surface area contributed by atoms with E-state index in [9.17, 15) is 0 Å². The van der Waals surface area contributed by atoms with E-state index in [2.05, 4.69) is 16.0 Å². The van der Waals surface area contributed by atoms with Crippen molar-refractivity contribution in [2.24, 2.45) is 0 Å². The van der Waals surface area contributed by atoms with Crippen LogP contribution in [0.3, 0.4) is 0 Å². The normalized spacial score (nSPS) is 9.50. The fourth-order valence-electron chi connectivity index (χ4n) is 1.56. The monoisotopic (exact) mass is 252 g/mol. The molecule has 0 saturated heterocycles. The topological polar surface area (TPSA) is 76.3 Å². The van der Waals surface area contributed by atoms with E-state index in [4.69, 9.17) is 22.7 Å². The van der Waals surface area contributed by atoms with Gasteiger partial charge in [0.2, 0.25) is 0 Å². The highest BCUT2D eigenvalue weighted by Crippen LogP contribution is 2.17. The van der Waals surface area contributed by atoms with Gasteiger partial charge >= 0.3 is 0 Å². The lowest BCUT2D eigenvalue weighted by Crippen LogP contribution is -1.97. The zero-order valence-electron chi connectivity index (χ0n) is 9.56. The summed E-state index contributed by atoms with van der Waals surface area (Å²) in [6.07, 6.45) is 0. The van der Waals surface area contributed by atoms with E-state index in [1.807, 2.05) is 6.07 Å². The molecule has 0 saturated carbocycles. The van der Waals surface area contributed by atoms with Crippen LogP contribution in [0.1, 0.15) is 16.8 Å². The molecule has 5 heteroatoms. The summed E-state index contributed by atoms with van der Waals surface area (Å²) in [5, 5.41) is 17.6. The number of rotatable bonds is 1. The van der Waals surface area contributed by atoms with Crippen molar-refractivity contribution in [2.75, 3.05) is 0 Å². The van der Waals surface area contributed by atoms with E-state index in [1.165, 1.54) is 0 Å². The number of hydrogen-bond donors (Lipinski definition) is 1. The molecule has 0 spiro atoms. The molecule has 0 fully saturated rings. The van der Waals surface area contributed by atoms with Crippen molar-refractivity contribution in [3.05, 3.63) is 45.7 Å². The second-order valence-corrected chi connectivity index (χ2v) is 4.08. The Kier molecular flexibility index (Phi) is 3.18. The molecular weight excluding hydrogens is 244 g/mol. The highest BCUT2D eigenvalue weighted by molar-refractivity contribution is 7.71. The molecule has 0 aliphatic rings. The van der Waals surface area contributed by atoms with Gasteiger partial charge in [0.25, 0.3) is 0 Å². The Morgan fingerprint density at radius 2 is 1.83 bits per heavy atom. The number of aromatic amines is 1. The number of aryl methyl sites for hydroxylation is 1. The van der Waals surface area contributed by atoms with Crippen molar-refractivity contribution in [3.8, 4) is 23.5 Å². The number of benzene rings is 1. The highest BCUT2D eigenvalue weighted by atomic mass is 32.1. The predicted molar refractivity (Wildman–Crippen MR) is 69.0 cm³/mol. The maximum atomic E-state index is 8.92. The quantitative estimate of drug-likeness (QED) is 0.792. The number of nitrogens with zero attached hydrogens (tertiary/aromatic N) is 3. The van der Waals surface area contributed by atoms with Gasteiger partial charge in [0, 0.05) is 11.3 Å². The minimum atomic E-state index is 0.285. The van der Waals surface area contributed by atoms with Crippen LogP contribution >= 0.6 is 12.2 Å². The van der Waals surface area contributed by atoms with Gasteiger partial charge in [-0.2, -0.15) is 10.5 Å². The maximum Gasteiger partial charge on any atom is 0.148 e. The molecule has 0 aliphatic carbocycles. The van der Waals surface area contributed by atoms with Crippen LogP contribution in [-0.2, 0) is 0 Å². The van der Waals surface area contributed by atoms with Gasteiger partial charge in [-0.15, -0.1) is 0 Å². The summed E-state index contributed by atoms with van der Waals surface area (Å²) in [5.74, 6) is 0.598. The zero-order valence-corrected chi connectivity index (χ0v) is 10.4. The Morgan fingerprint density at radius 3 is 2.33 bits per heavy atom. The molecule has 1 aromatic carbocycles. The molecule has 18 heavy (non-hydrogen) atoms. The Labute approximate surface area is 109 Å². The number of nitrogens with one attached hydrogen (secondary N) is 1. The van der Waals surface area contributed by atoms with Gasteiger partial charge in [0.1, 0.15) is 22.1 Å². The average molecular weight is 252 g/mol. The fraction of sp³-hybridized carbons (Fsp3) is 0.0769. The second-order valence-electron chi connectivity index (χ2n) is 3.69. The van der Waals surface area contributed by atoms with E-state index >= 15 is 0 Å². The molecule has 0 amide bonds. The summed E-state index contributed by atoms with van der Waals surface area (Å²) in [6.45, 7) is 1.78. The molecule has 2 aromatic rings. The largest absolute Gasteiger partial charge is 0.342 e. The number of hydrogen-bond acceptors (Lipinski definition) is 4. The van der Waals surface area contributed by atoms with E-state index < -0.39 is 0 Å². The van der Waals surface area contributed by atoms with Crippen LogP contribution in [0.4, 0.5) is 0 Å². The van der Waals surface area contributed by atoms with Crippen molar-refractivity contribution in [1.29, 1.82) is 10.5 Å². The van der Waals surface area contributed by atoms with Crippen LogP contribution in [0.15, 0.2) is 24.3 Å². The zero-order chi connectivity index (χ0) is 13.1. The Morgan fingerprint density at radius 1 is 1.17 bits per heavy atom. The van der Waals surface area contributed by atoms with Crippen LogP contribution in [0.5, 0.6) is 0 Å². The van der Waals surface area contributed by atoms with Crippen molar-refractivity contribution >= 4 is 12.2 Å². The van der Waals surface area contributed by atoms with Gasteiger partial charge in [-0.1, -0.05) is 12.2 Å². The van der Waals surface area contributed by atoms with Gasteiger partial charge in [-0.05, 0) is 31.2 Å². The minimum Gasteiger partial charge on any atom is -0.342 e. The summed E-state index contributed by atoms with van der Waals surface area (Å²) in [7, 11) is 0. The van der Waals surface area contributed by atoms with Crippen LogP contribution in [0.25, 0.3) is 11.4 Å². The van der Waals surface area contributed by atoms with Gasteiger partial charge < -0.3 is 4.98 Å². The van der Waals surface area contributed by atoms with Crippen LogP contribution in [0.2, 0.25) is 0 Å². The van der Waals surface area contributed by atoms with Gasteiger partial charge in [-0.25, -0.2) is 4.98 Å². The molecule has 1 N–H and O–H groups in total. The number of H-pyrrole nitrogens is 1. The molecule has 0 radical (unpaired) electrons. The average Bonchev–Trinajstić information content (AvgIpc) is 2.38. The first kappa shape index (κ1) is 12.0. The molecule has 1 heterocycles. The third kappa shape index (κ3) is 2.13. The summed E-state index contributed by atoms with van der Waals surface area (Å²) in [5.41, 5.74) is 2.50. The highest BCUT2D eigenvalue weighted by Gasteiger charge is 2.06. The molecule has 2 rings (SSSR count). The van der Waals surface area contributed by atoms with Gasteiger partial charge in [0.15, 0.2) is 0 Å². The third-order valence-corrected chi connectivity index (χ3v) is 2.80. The molecule has 86 valence electrons. The lowest BCUT2D eigenvalue weighted by molar-refractivity contribution is 1.08. The van der Waals surface area contributed by atoms with Crippen molar-refractivity contribution in [2.45, 2.75) is 6.92 Å². The van der Waals surface area contributed by atoms with E-state index in [1.54, 1.807) is 31.2 Å². The molecule has 4 nitrogen and oxygen atoms in total. The first-order valence-electron chi connectivity index (χ1n) is 5.17. The second kappa shape index (κ2) is 4.79. The molecular formula is C13H8N4S. The summed E-state index contributed by atoms with van der Waals surface area (Å²) in [6, 6.07) is 11.1. The predicted octanol–water partition coefficient (Wildman–Crippen LogP) is 2.86.